The molecule has 0 unspecified atom stereocenters. The Kier molecular flexibility index (Phi) is 5.63. The SMILES string of the molecule is C(=C/c1ccccc1)/C(=NC1CCCCC1)Oc1ccccc1. The van der Waals surface area contributed by atoms with Crippen molar-refractivity contribution in [1.82, 2.24) is 0 Å². The highest BCUT2D eigenvalue weighted by molar-refractivity contribution is 5.93. The van der Waals surface area contributed by atoms with Crippen molar-refractivity contribution in [3.63, 3.8) is 0 Å². The van der Waals surface area contributed by atoms with Gasteiger partial charge in [-0.15, -0.1) is 0 Å². The Bertz CT molecular complexity index is 640. The molecule has 118 valence electrons. The molecule has 1 fully saturated rings. The molecule has 0 aromatic heterocycles. The first-order valence-electron chi connectivity index (χ1n) is 8.44. The second kappa shape index (κ2) is 8.33. The zero-order chi connectivity index (χ0) is 15.7. The van der Waals surface area contributed by atoms with Crippen LogP contribution in [0.25, 0.3) is 6.08 Å². The molecule has 2 heteroatoms. The van der Waals surface area contributed by atoms with Gasteiger partial charge in [0.1, 0.15) is 5.75 Å². The first kappa shape index (κ1) is 15.5. The van der Waals surface area contributed by atoms with Crippen LogP contribution in [0.2, 0.25) is 0 Å². The first-order valence-corrected chi connectivity index (χ1v) is 8.44. The molecule has 0 atom stereocenters. The summed E-state index contributed by atoms with van der Waals surface area (Å²) in [4.78, 5) is 4.85. The third kappa shape index (κ3) is 5.10. The fourth-order valence-electron chi connectivity index (χ4n) is 2.83. The van der Waals surface area contributed by atoms with Gasteiger partial charge in [0.25, 0.3) is 0 Å². The molecule has 2 aromatic rings. The van der Waals surface area contributed by atoms with Crippen LogP contribution in [0, 0.1) is 0 Å². The molecule has 2 nitrogen and oxygen atoms in total. The minimum atomic E-state index is 0.392. The van der Waals surface area contributed by atoms with E-state index in [9.17, 15) is 0 Å². The van der Waals surface area contributed by atoms with E-state index in [0.29, 0.717) is 11.9 Å². The molecule has 0 N–H and O–H groups in total. The topological polar surface area (TPSA) is 21.6 Å². The highest BCUT2D eigenvalue weighted by Crippen LogP contribution is 2.21. The Morgan fingerprint density at radius 3 is 2.22 bits per heavy atom. The van der Waals surface area contributed by atoms with Crippen LogP contribution < -0.4 is 4.74 Å². The second-order valence-electron chi connectivity index (χ2n) is 5.92. The summed E-state index contributed by atoms with van der Waals surface area (Å²) in [6.07, 6.45) is 10.3. The van der Waals surface area contributed by atoms with E-state index in [4.69, 9.17) is 9.73 Å². The van der Waals surface area contributed by atoms with Gasteiger partial charge in [0.2, 0.25) is 5.90 Å². The number of ether oxygens (including phenoxy) is 1. The quantitative estimate of drug-likeness (QED) is 0.539. The van der Waals surface area contributed by atoms with Crippen molar-refractivity contribution < 1.29 is 4.74 Å². The molecule has 2 aromatic carbocycles. The minimum Gasteiger partial charge on any atom is -0.439 e. The Morgan fingerprint density at radius 2 is 1.52 bits per heavy atom. The zero-order valence-corrected chi connectivity index (χ0v) is 13.4. The molecule has 0 spiro atoms. The average Bonchev–Trinajstić information content (AvgIpc) is 2.62. The summed E-state index contributed by atoms with van der Waals surface area (Å²) in [6, 6.07) is 20.5. The molecular weight excluding hydrogens is 282 g/mol. The molecule has 0 bridgehead atoms. The molecule has 0 radical (unpaired) electrons. The normalized spacial score (nSPS) is 16.6. The largest absolute Gasteiger partial charge is 0.439 e. The molecule has 0 heterocycles. The number of hydrogen-bond acceptors (Lipinski definition) is 2. The number of para-hydroxylation sites is 1. The molecular formula is C21H23NO. The van der Waals surface area contributed by atoms with Crippen molar-refractivity contribution in [2.75, 3.05) is 0 Å². The highest BCUT2D eigenvalue weighted by Gasteiger charge is 2.13. The third-order valence-electron chi connectivity index (χ3n) is 4.07. The smallest absolute Gasteiger partial charge is 0.214 e. The van der Waals surface area contributed by atoms with Crippen molar-refractivity contribution >= 4 is 12.0 Å². The van der Waals surface area contributed by atoms with Gasteiger partial charge in [0.15, 0.2) is 0 Å². The summed E-state index contributed by atoms with van der Waals surface area (Å²) in [7, 11) is 0. The molecule has 0 aliphatic heterocycles. The fraction of sp³-hybridized carbons (Fsp3) is 0.286. The van der Waals surface area contributed by atoms with Crippen LogP contribution in [0.4, 0.5) is 0 Å². The molecule has 1 saturated carbocycles. The van der Waals surface area contributed by atoms with E-state index in [1.54, 1.807) is 0 Å². The summed E-state index contributed by atoms with van der Waals surface area (Å²) in [5.74, 6) is 1.53. The van der Waals surface area contributed by atoms with Crippen LogP contribution in [0.15, 0.2) is 71.7 Å². The van der Waals surface area contributed by atoms with Gasteiger partial charge in [-0.3, -0.25) is 0 Å². The van der Waals surface area contributed by atoms with Gasteiger partial charge in [0.05, 0.1) is 6.04 Å². The van der Waals surface area contributed by atoms with Gasteiger partial charge in [0, 0.05) is 6.08 Å². The first-order chi connectivity index (χ1) is 11.4. The van der Waals surface area contributed by atoms with E-state index in [0.717, 1.165) is 11.3 Å². The number of aliphatic imine (C=N–C) groups is 1. The van der Waals surface area contributed by atoms with E-state index in [1.165, 1.54) is 32.1 Å². The summed E-state index contributed by atoms with van der Waals surface area (Å²) < 4.78 is 6.00. The number of rotatable bonds is 4. The van der Waals surface area contributed by atoms with Gasteiger partial charge < -0.3 is 4.74 Å². The number of nitrogens with zero attached hydrogens (tertiary/aromatic N) is 1. The van der Waals surface area contributed by atoms with E-state index in [2.05, 4.69) is 18.2 Å². The van der Waals surface area contributed by atoms with Gasteiger partial charge in [-0.25, -0.2) is 4.99 Å². The van der Waals surface area contributed by atoms with Crippen molar-refractivity contribution in [2.45, 2.75) is 38.1 Å². The van der Waals surface area contributed by atoms with Crippen LogP contribution in [0.1, 0.15) is 37.7 Å². The van der Waals surface area contributed by atoms with Crippen molar-refractivity contribution in [3.05, 3.63) is 72.3 Å². The van der Waals surface area contributed by atoms with Crippen LogP contribution in [-0.2, 0) is 0 Å². The number of hydrogen-bond donors (Lipinski definition) is 0. The second-order valence-corrected chi connectivity index (χ2v) is 5.92. The van der Waals surface area contributed by atoms with Crippen molar-refractivity contribution in [1.29, 1.82) is 0 Å². The minimum absolute atomic E-state index is 0.392. The number of benzene rings is 2. The summed E-state index contributed by atoms with van der Waals surface area (Å²) >= 11 is 0. The van der Waals surface area contributed by atoms with E-state index in [-0.39, 0.29) is 0 Å². The van der Waals surface area contributed by atoms with Crippen molar-refractivity contribution in [3.8, 4) is 5.75 Å². The Morgan fingerprint density at radius 1 is 0.870 bits per heavy atom. The van der Waals surface area contributed by atoms with Crippen LogP contribution in [-0.4, -0.2) is 11.9 Å². The highest BCUT2D eigenvalue weighted by atomic mass is 16.5. The molecule has 1 aliphatic carbocycles. The lowest BCUT2D eigenvalue weighted by atomic mass is 9.96. The van der Waals surface area contributed by atoms with E-state index in [1.807, 2.05) is 54.6 Å². The average molecular weight is 305 g/mol. The predicted molar refractivity (Wildman–Crippen MR) is 96.9 cm³/mol. The lowest BCUT2D eigenvalue weighted by molar-refractivity contribution is 0.433. The fourth-order valence-corrected chi connectivity index (χ4v) is 2.83. The van der Waals surface area contributed by atoms with Gasteiger partial charge >= 0.3 is 0 Å². The summed E-state index contributed by atoms with van der Waals surface area (Å²) in [6.45, 7) is 0. The summed E-state index contributed by atoms with van der Waals surface area (Å²) in [5, 5.41) is 0. The van der Waals surface area contributed by atoms with Crippen LogP contribution >= 0.6 is 0 Å². The van der Waals surface area contributed by atoms with Crippen LogP contribution in [0.5, 0.6) is 5.75 Å². The standard InChI is InChI=1S/C21H23NO/c1-4-10-18(11-5-1)16-17-21(22-19-12-6-2-7-13-19)23-20-14-8-3-9-15-20/h1,3-5,8-11,14-17,19H,2,6-7,12-13H2/b17-16-,22-21?. The maximum Gasteiger partial charge on any atom is 0.214 e. The lowest BCUT2D eigenvalue weighted by Gasteiger charge is -2.18. The Labute approximate surface area is 138 Å². The zero-order valence-electron chi connectivity index (χ0n) is 13.4. The maximum absolute atomic E-state index is 6.00. The molecule has 23 heavy (non-hydrogen) atoms. The van der Waals surface area contributed by atoms with Crippen LogP contribution in [0.3, 0.4) is 0 Å². The Hall–Kier alpha value is -2.35. The molecule has 3 rings (SSSR count). The Balaban J connectivity index is 1.77. The predicted octanol–water partition coefficient (Wildman–Crippen LogP) is 5.51. The molecule has 1 aliphatic rings. The maximum atomic E-state index is 6.00. The van der Waals surface area contributed by atoms with Gasteiger partial charge in [-0.05, 0) is 36.6 Å². The monoisotopic (exact) mass is 305 g/mol. The van der Waals surface area contributed by atoms with E-state index >= 15 is 0 Å². The molecule has 0 amide bonds. The van der Waals surface area contributed by atoms with Gasteiger partial charge in [-0.2, -0.15) is 0 Å². The van der Waals surface area contributed by atoms with Gasteiger partial charge in [-0.1, -0.05) is 67.8 Å². The van der Waals surface area contributed by atoms with E-state index < -0.39 is 0 Å². The van der Waals surface area contributed by atoms with Crippen molar-refractivity contribution in [2.24, 2.45) is 4.99 Å². The lowest BCUT2D eigenvalue weighted by Crippen LogP contribution is -2.15. The third-order valence-corrected chi connectivity index (χ3v) is 4.07. The summed E-state index contributed by atoms with van der Waals surface area (Å²) in [5.41, 5.74) is 1.15. The molecule has 0 saturated heterocycles.